The molecule has 0 radical (unpaired) electrons. The van der Waals surface area contributed by atoms with Crippen molar-refractivity contribution in [1.29, 1.82) is 0 Å². The zero-order valence-corrected chi connectivity index (χ0v) is 10.4. The van der Waals surface area contributed by atoms with Gasteiger partial charge in [-0.3, -0.25) is 4.79 Å². The zero-order valence-electron chi connectivity index (χ0n) is 9.60. The molecule has 0 aromatic carbocycles. The van der Waals surface area contributed by atoms with E-state index in [1.165, 1.54) is 0 Å². The number of aliphatic hydroxyl groups excluding tert-OH is 1. The Morgan fingerprint density at radius 1 is 1.50 bits per heavy atom. The summed E-state index contributed by atoms with van der Waals surface area (Å²) in [5, 5.41) is 8.63. The Kier molecular flexibility index (Phi) is 7.27. The lowest BCUT2D eigenvalue weighted by atomic mass is 10.1. The number of sulfonamides is 1. The van der Waals surface area contributed by atoms with E-state index in [-0.39, 0.29) is 25.7 Å². The van der Waals surface area contributed by atoms with Crippen molar-refractivity contribution in [3.63, 3.8) is 0 Å². The lowest BCUT2D eigenvalue weighted by Gasteiger charge is -2.11. The Morgan fingerprint density at radius 2 is 2.12 bits per heavy atom. The van der Waals surface area contributed by atoms with E-state index in [0.717, 1.165) is 0 Å². The molecule has 0 bridgehead atoms. The van der Waals surface area contributed by atoms with Crippen molar-refractivity contribution in [1.82, 2.24) is 4.72 Å². The Balaban J connectivity index is 4.01. The SMILES string of the molecule is CCOC(=O)CS(=O)(=O)NCC(C)CCO. The van der Waals surface area contributed by atoms with Crippen LogP contribution in [0.3, 0.4) is 0 Å². The van der Waals surface area contributed by atoms with E-state index in [1.807, 2.05) is 6.92 Å². The van der Waals surface area contributed by atoms with Gasteiger partial charge in [-0.05, 0) is 19.3 Å². The van der Waals surface area contributed by atoms with Crippen LogP contribution in [0.25, 0.3) is 0 Å². The summed E-state index contributed by atoms with van der Waals surface area (Å²) in [5.74, 6) is -1.39. The predicted molar refractivity (Wildman–Crippen MR) is 59.3 cm³/mol. The van der Waals surface area contributed by atoms with E-state index in [2.05, 4.69) is 9.46 Å². The van der Waals surface area contributed by atoms with Crippen LogP contribution >= 0.6 is 0 Å². The van der Waals surface area contributed by atoms with Crippen LogP contribution in [0.1, 0.15) is 20.3 Å². The summed E-state index contributed by atoms with van der Waals surface area (Å²) in [6, 6.07) is 0. The normalized spacial score (nSPS) is 13.4. The van der Waals surface area contributed by atoms with Crippen molar-refractivity contribution in [2.75, 3.05) is 25.5 Å². The lowest BCUT2D eigenvalue weighted by Crippen LogP contribution is -2.34. The first-order chi connectivity index (χ1) is 7.41. The highest BCUT2D eigenvalue weighted by Crippen LogP contribution is 1.99. The first-order valence-electron chi connectivity index (χ1n) is 5.15. The number of esters is 1. The van der Waals surface area contributed by atoms with E-state index in [1.54, 1.807) is 6.92 Å². The van der Waals surface area contributed by atoms with E-state index in [0.29, 0.717) is 6.42 Å². The average Bonchev–Trinajstić information content (AvgIpc) is 2.15. The molecule has 0 amide bonds. The largest absolute Gasteiger partial charge is 0.465 e. The molecule has 0 aromatic heterocycles. The molecule has 0 aliphatic carbocycles. The minimum absolute atomic E-state index is 0.0147. The van der Waals surface area contributed by atoms with Gasteiger partial charge in [0.1, 0.15) is 0 Å². The van der Waals surface area contributed by atoms with Crippen LogP contribution in [0.2, 0.25) is 0 Å². The summed E-state index contributed by atoms with van der Waals surface area (Å²) < 4.78 is 29.5. The summed E-state index contributed by atoms with van der Waals surface area (Å²) in [6.45, 7) is 3.81. The highest BCUT2D eigenvalue weighted by Gasteiger charge is 2.17. The number of nitrogens with one attached hydrogen (secondary N) is 1. The summed E-state index contributed by atoms with van der Waals surface area (Å²) in [7, 11) is -3.62. The maximum Gasteiger partial charge on any atom is 0.322 e. The fraction of sp³-hybridized carbons (Fsp3) is 0.889. The second-order valence-corrected chi connectivity index (χ2v) is 5.34. The van der Waals surface area contributed by atoms with Crippen LogP contribution in [-0.2, 0) is 19.6 Å². The number of carbonyl (C=O) groups is 1. The topological polar surface area (TPSA) is 92.7 Å². The van der Waals surface area contributed by atoms with Gasteiger partial charge in [0.05, 0.1) is 6.61 Å². The van der Waals surface area contributed by atoms with E-state index in [4.69, 9.17) is 5.11 Å². The van der Waals surface area contributed by atoms with Crippen LogP contribution in [0, 0.1) is 5.92 Å². The third-order valence-corrected chi connectivity index (χ3v) is 3.11. The quantitative estimate of drug-likeness (QED) is 0.568. The molecule has 0 rings (SSSR count). The maximum atomic E-state index is 11.4. The van der Waals surface area contributed by atoms with Crippen molar-refractivity contribution in [2.45, 2.75) is 20.3 Å². The van der Waals surface area contributed by atoms with Crippen molar-refractivity contribution < 1.29 is 23.1 Å². The molecule has 6 nitrogen and oxygen atoms in total. The maximum absolute atomic E-state index is 11.4. The van der Waals surface area contributed by atoms with Gasteiger partial charge in [0, 0.05) is 13.2 Å². The molecule has 0 aromatic rings. The first-order valence-corrected chi connectivity index (χ1v) is 6.80. The van der Waals surface area contributed by atoms with Gasteiger partial charge in [-0.1, -0.05) is 6.92 Å². The van der Waals surface area contributed by atoms with Crippen molar-refractivity contribution in [3.8, 4) is 0 Å². The molecule has 0 saturated carbocycles. The highest BCUT2D eigenvalue weighted by atomic mass is 32.2. The summed E-state index contributed by atoms with van der Waals surface area (Å²) in [5.41, 5.74) is 0. The molecule has 0 fully saturated rings. The molecule has 0 heterocycles. The van der Waals surface area contributed by atoms with Gasteiger partial charge in [0.15, 0.2) is 5.75 Å². The van der Waals surface area contributed by atoms with Crippen LogP contribution in [0.5, 0.6) is 0 Å². The summed E-state index contributed by atoms with van der Waals surface area (Å²) >= 11 is 0. The van der Waals surface area contributed by atoms with Crippen molar-refractivity contribution in [3.05, 3.63) is 0 Å². The minimum Gasteiger partial charge on any atom is -0.465 e. The smallest absolute Gasteiger partial charge is 0.322 e. The van der Waals surface area contributed by atoms with Crippen LogP contribution in [0.15, 0.2) is 0 Å². The van der Waals surface area contributed by atoms with E-state index >= 15 is 0 Å². The molecule has 0 aliphatic heterocycles. The molecule has 0 aliphatic rings. The van der Waals surface area contributed by atoms with Gasteiger partial charge in [-0.2, -0.15) is 0 Å². The first kappa shape index (κ1) is 15.3. The molecule has 0 saturated heterocycles. The Morgan fingerprint density at radius 3 is 2.62 bits per heavy atom. The Hall–Kier alpha value is -0.660. The lowest BCUT2D eigenvalue weighted by molar-refractivity contribution is -0.139. The van der Waals surface area contributed by atoms with Gasteiger partial charge in [-0.25, -0.2) is 13.1 Å². The van der Waals surface area contributed by atoms with Gasteiger partial charge in [-0.15, -0.1) is 0 Å². The highest BCUT2D eigenvalue weighted by molar-refractivity contribution is 7.90. The molecule has 0 spiro atoms. The number of ether oxygens (including phenoxy) is 1. The fourth-order valence-corrected chi connectivity index (χ4v) is 2.03. The number of carbonyl (C=O) groups excluding carboxylic acids is 1. The van der Waals surface area contributed by atoms with Gasteiger partial charge in [0.25, 0.3) is 0 Å². The standard InChI is InChI=1S/C9H19NO5S/c1-3-15-9(12)7-16(13,14)10-6-8(2)4-5-11/h8,10-11H,3-7H2,1-2H3. The van der Waals surface area contributed by atoms with Crippen LogP contribution in [0.4, 0.5) is 0 Å². The molecule has 16 heavy (non-hydrogen) atoms. The molecule has 1 atom stereocenters. The van der Waals surface area contributed by atoms with Gasteiger partial charge >= 0.3 is 5.97 Å². The number of aliphatic hydroxyl groups is 1. The molecule has 96 valence electrons. The molecule has 7 heteroatoms. The van der Waals surface area contributed by atoms with Crippen molar-refractivity contribution in [2.24, 2.45) is 5.92 Å². The van der Waals surface area contributed by atoms with Gasteiger partial charge in [0.2, 0.25) is 10.0 Å². The third-order valence-electron chi connectivity index (χ3n) is 1.89. The van der Waals surface area contributed by atoms with Crippen LogP contribution in [-0.4, -0.2) is 45.0 Å². The second kappa shape index (κ2) is 7.59. The van der Waals surface area contributed by atoms with Crippen molar-refractivity contribution >= 4 is 16.0 Å². The summed E-state index contributed by atoms with van der Waals surface area (Å²) in [4.78, 5) is 10.9. The predicted octanol–water partition coefficient (Wildman–Crippen LogP) is -0.513. The third kappa shape index (κ3) is 7.61. The molecular formula is C9H19NO5S. The number of rotatable bonds is 8. The molecular weight excluding hydrogens is 234 g/mol. The van der Waals surface area contributed by atoms with E-state index < -0.39 is 21.7 Å². The monoisotopic (exact) mass is 253 g/mol. The van der Waals surface area contributed by atoms with Gasteiger partial charge < -0.3 is 9.84 Å². The van der Waals surface area contributed by atoms with Crippen LogP contribution < -0.4 is 4.72 Å². The Bertz CT molecular complexity index is 301. The second-order valence-electron chi connectivity index (χ2n) is 3.53. The zero-order chi connectivity index (χ0) is 12.6. The summed E-state index contributed by atoms with van der Waals surface area (Å²) in [6.07, 6.45) is 0.516. The minimum atomic E-state index is -3.62. The molecule has 2 N–H and O–H groups in total. The average molecular weight is 253 g/mol. The van der Waals surface area contributed by atoms with E-state index in [9.17, 15) is 13.2 Å². The number of hydrogen-bond donors (Lipinski definition) is 2. The number of hydrogen-bond acceptors (Lipinski definition) is 5. The Labute approximate surface area is 96.0 Å². The fourth-order valence-electron chi connectivity index (χ4n) is 1.00. The molecule has 1 unspecified atom stereocenters.